The SMILES string of the molecule is C1C2OC2C2C1C1CC2C2OC12.C1CC2OC2CC1C1CCC2OC2C1.C1CC2OC2CC1C1CO1.C1CCC(OCC2CO2)C(OCC2CO2)C1.CC(C)(C1CCC2OC2C1)C1CCC2OC2C1.CC1(C2CCC3OC3(C)C2)CO1.O=C(OCC1CCC2OC2C1)C1CCC2OC2C1. The second-order valence-corrected chi connectivity index (χ2v) is 37.9. The lowest BCUT2D eigenvalue weighted by molar-refractivity contribution is -0.151. The van der Waals surface area contributed by atoms with Crippen molar-refractivity contribution in [3.8, 4) is 0 Å². The van der Waals surface area contributed by atoms with Gasteiger partial charge in [-0.1, -0.05) is 26.7 Å². The lowest BCUT2D eigenvalue weighted by atomic mass is 9.61. The Balaban J connectivity index is 0.0000000786. The molecular weight excluding hydrogens is 1260 g/mol. The highest BCUT2D eigenvalue weighted by Gasteiger charge is 2.74. The lowest BCUT2D eigenvalue weighted by Gasteiger charge is -2.43. The van der Waals surface area contributed by atoms with E-state index in [0.29, 0.717) is 152 Å². The van der Waals surface area contributed by atoms with Gasteiger partial charge in [0, 0.05) is 0 Å². The lowest BCUT2D eigenvalue weighted by Crippen LogP contribution is -2.37. The number of fused-ring (bicyclic) bond motifs is 18. The van der Waals surface area contributed by atoms with Crippen molar-refractivity contribution in [1.82, 2.24) is 0 Å². The van der Waals surface area contributed by atoms with E-state index in [1.807, 2.05) is 0 Å². The van der Waals surface area contributed by atoms with E-state index in [-0.39, 0.29) is 35.3 Å². The van der Waals surface area contributed by atoms with Crippen LogP contribution in [0.1, 0.15) is 220 Å². The highest BCUT2D eigenvalue weighted by atomic mass is 16.6. The molecule has 12 aliphatic carbocycles. The largest absolute Gasteiger partial charge is 0.465 e. The molecule has 0 spiro atoms. The maximum atomic E-state index is 12.0. The second-order valence-electron chi connectivity index (χ2n) is 37.9. The third kappa shape index (κ3) is 15.5. The quantitative estimate of drug-likeness (QED) is 0.117. The molecule has 14 saturated heterocycles. The molecule has 0 radical (unpaired) electrons. The smallest absolute Gasteiger partial charge is 0.309 e. The number of carbonyl (C=O) groups is 1. The molecule has 38 unspecified atom stereocenters. The molecule has 2 bridgehead atoms. The number of ether oxygens (including phenoxy) is 17. The summed E-state index contributed by atoms with van der Waals surface area (Å²) in [7, 11) is 0. The summed E-state index contributed by atoms with van der Waals surface area (Å²) >= 11 is 0. The summed E-state index contributed by atoms with van der Waals surface area (Å²) in [6.07, 6.45) is 51.2. The standard InChI is InChI=1S/C15H24O2.C14H20O4.C12H20O4.C12H18O2.C10H12O2.C10H16O2.C8H12O2/c1-15(2,9-3-5-11-13(7-9)16-11)10-4-6-12-14(8-10)17-12;15-14(9-2-4-11-13(6-9)18-11)16-7-8-1-3-10-12(5-8)17-10;1-2-4-12(16-8-10-6-14-10)11(3-1)15-7-9-5-13-9;1-3-9-11(13-9)5-7(1)8-2-4-10-12(6-8)14-10;1-4-3-2-6-10(11-6)7(3)5(1)9-8(4)12-9;1-9-5-7(10(2)6-11-10)3-4-8(9)12-9;1-2-6-7(10-6)3-5(1)8-4-9-8/h9-14H,3-8H2,1-2H3;8-13H,1-7H2;9-12H,1-8H2;7-12H,1-6H2;3-10H,1-2H2;7-8H,3-6H2,1-2H3;5-8H,1-4H2. The van der Waals surface area contributed by atoms with Gasteiger partial charge in [0.1, 0.15) is 12.2 Å². The van der Waals surface area contributed by atoms with Crippen molar-refractivity contribution >= 4 is 5.97 Å². The van der Waals surface area contributed by atoms with Gasteiger partial charge in [-0.2, -0.15) is 0 Å². The Labute approximate surface area is 589 Å². The molecular formula is C81H122O18. The van der Waals surface area contributed by atoms with Crippen LogP contribution in [0.4, 0.5) is 0 Å². The predicted molar refractivity (Wildman–Crippen MR) is 359 cm³/mol. The summed E-state index contributed by atoms with van der Waals surface area (Å²) in [5, 5.41) is 0. The summed E-state index contributed by atoms with van der Waals surface area (Å²) < 4.78 is 94.3. The fourth-order valence-corrected chi connectivity index (χ4v) is 23.4. The number of epoxide rings is 14. The Morgan fingerprint density at radius 2 is 0.919 bits per heavy atom. The van der Waals surface area contributed by atoms with Crippen LogP contribution in [-0.2, 0) is 85.3 Å². The molecule has 38 atom stereocenters. The molecule has 0 aromatic carbocycles. The molecule has 14 heterocycles. The van der Waals surface area contributed by atoms with Gasteiger partial charge < -0.3 is 80.5 Å². The van der Waals surface area contributed by atoms with Gasteiger partial charge in [-0.25, -0.2) is 0 Å². The van der Waals surface area contributed by atoms with Crippen LogP contribution in [0.25, 0.3) is 0 Å². The van der Waals surface area contributed by atoms with Crippen LogP contribution in [0.5, 0.6) is 0 Å². The van der Waals surface area contributed by atoms with Gasteiger partial charge >= 0.3 is 5.97 Å². The first kappa shape index (κ1) is 67.2. The van der Waals surface area contributed by atoms with Crippen molar-refractivity contribution in [3.05, 3.63) is 0 Å². The van der Waals surface area contributed by atoms with Crippen molar-refractivity contribution in [2.24, 2.45) is 76.4 Å². The van der Waals surface area contributed by atoms with Gasteiger partial charge in [0.25, 0.3) is 0 Å². The average Bonchev–Trinajstić information content (AvgIpc) is 1.50. The molecule has 18 heteroatoms. The van der Waals surface area contributed by atoms with E-state index >= 15 is 0 Å². The van der Waals surface area contributed by atoms with Crippen LogP contribution in [0.15, 0.2) is 0 Å². The van der Waals surface area contributed by atoms with Crippen molar-refractivity contribution in [1.29, 1.82) is 0 Å². The third-order valence-corrected chi connectivity index (χ3v) is 31.1. The molecule has 0 aromatic rings. The van der Waals surface area contributed by atoms with E-state index < -0.39 is 0 Å². The second kappa shape index (κ2) is 26.9. The Morgan fingerprint density at radius 1 is 0.414 bits per heavy atom. The summed E-state index contributed by atoms with van der Waals surface area (Å²) in [6, 6.07) is 0. The van der Waals surface area contributed by atoms with E-state index in [1.165, 1.54) is 141 Å². The van der Waals surface area contributed by atoms with E-state index in [0.717, 1.165) is 150 Å². The van der Waals surface area contributed by atoms with Gasteiger partial charge in [-0.15, -0.1) is 0 Å². The molecule has 18 nitrogen and oxygen atoms in total. The highest BCUT2D eigenvalue weighted by Crippen LogP contribution is 2.70. The minimum absolute atomic E-state index is 0.00258. The number of rotatable bonds is 14. The van der Waals surface area contributed by atoms with Crippen LogP contribution in [0.3, 0.4) is 0 Å². The van der Waals surface area contributed by atoms with Crippen molar-refractivity contribution in [3.63, 3.8) is 0 Å². The zero-order valence-corrected chi connectivity index (χ0v) is 60.3. The average molecular weight is 1380 g/mol. The monoisotopic (exact) mass is 1380 g/mol. The number of hydrogen-bond acceptors (Lipinski definition) is 18. The first-order valence-corrected chi connectivity index (χ1v) is 41.7. The first-order chi connectivity index (χ1) is 48.2. The molecule has 99 heavy (non-hydrogen) atoms. The Bertz CT molecular complexity index is 2760. The van der Waals surface area contributed by atoms with Gasteiger partial charge in [0.05, 0.1) is 198 Å². The summed E-state index contributed by atoms with van der Waals surface area (Å²) in [4.78, 5) is 12.0. The summed E-state index contributed by atoms with van der Waals surface area (Å²) in [6.45, 7) is 15.3. The van der Waals surface area contributed by atoms with Crippen LogP contribution < -0.4 is 0 Å². The fourth-order valence-electron chi connectivity index (χ4n) is 23.4. The van der Waals surface area contributed by atoms with E-state index in [1.54, 1.807) is 0 Å². The molecule has 14 aliphatic heterocycles. The zero-order valence-electron chi connectivity index (χ0n) is 60.3. The minimum atomic E-state index is 0.00258. The Morgan fingerprint density at radius 3 is 1.43 bits per heavy atom. The molecule has 0 N–H and O–H groups in total. The van der Waals surface area contributed by atoms with Crippen molar-refractivity contribution < 1.29 is 85.3 Å². The normalized spacial score (nSPS) is 56.3. The maximum Gasteiger partial charge on any atom is 0.309 e. The fraction of sp³-hybridized carbons (Fsp3) is 0.988. The molecule has 0 aromatic heterocycles. The van der Waals surface area contributed by atoms with E-state index in [4.69, 9.17) is 80.5 Å². The van der Waals surface area contributed by atoms with E-state index in [9.17, 15) is 4.79 Å². The number of esters is 1. The molecule has 26 aliphatic rings. The third-order valence-electron chi connectivity index (χ3n) is 31.1. The Kier molecular flexibility index (Phi) is 18.3. The van der Waals surface area contributed by atoms with Crippen LogP contribution in [-0.4, -0.2) is 210 Å². The summed E-state index contributed by atoms with van der Waals surface area (Å²) in [5.41, 5.74) is 0.950. The van der Waals surface area contributed by atoms with E-state index in [2.05, 4.69) is 27.7 Å². The predicted octanol–water partition coefficient (Wildman–Crippen LogP) is 11.6. The maximum absolute atomic E-state index is 12.0. The van der Waals surface area contributed by atoms with Crippen molar-refractivity contribution in [2.45, 2.75) is 378 Å². The van der Waals surface area contributed by atoms with Gasteiger partial charge in [-0.05, 0) is 264 Å². The topological polar surface area (TPSA) is 220 Å². The minimum Gasteiger partial charge on any atom is -0.465 e. The van der Waals surface area contributed by atoms with Crippen LogP contribution in [0.2, 0.25) is 0 Å². The molecule has 0 amide bonds. The van der Waals surface area contributed by atoms with Crippen LogP contribution in [0, 0.1) is 76.4 Å². The van der Waals surface area contributed by atoms with Gasteiger partial charge in [0.15, 0.2) is 0 Å². The molecule has 26 fully saturated rings. The Hall–Kier alpha value is -1.17. The molecule has 554 valence electrons. The van der Waals surface area contributed by atoms with Gasteiger partial charge in [-0.3, -0.25) is 4.79 Å². The van der Waals surface area contributed by atoms with Gasteiger partial charge in [0.2, 0.25) is 0 Å². The first-order valence-electron chi connectivity index (χ1n) is 41.7. The van der Waals surface area contributed by atoms with Crippen LogP contribution >= 0.6 is 0 Å². The number of carbonyl (C=O) groups excluding carboxylic acids is 1. The summed E-state index contributed by atoms with van der Waals surface area (Å²) in [5.74, 6) is 9.65. The highest BCUT2D eigenvalue weighted by molar-refractivity contribution is 5.72. The molecule has 12 saturated carbocycles. The zero-order chi connectivity index (χ0) is 66.0. The van der Waals surface area contributed by atoms with Crippen molar-refractivity contribution in [2.75, 3.05) is 46.2 Å². The molecule has 26 rings (SSSR count). The number of hydrogen-bond donors (Lipinski definition) is 0.